The molecule has 45 heavy (non-hydrogen) atoms. The minimum absolute atomic E-state index is 0.00842. The van der Waals surface area contributed by atoms with E-state index in [2.05, 4.69) is 15.6 Å². The second-order valence-corrected chi connectivity index (χ2v) is 11.4. The molecule has 1 atom stereocenters. The normalized spacial score (nSPS) is 18.4. The third kappa shape index (κ3) is 5.74. The quantitative estimate of drug-likeness (QED) is 0.336. The molecule has 10 heteroatoms. The molecule has 1 saturated heterocycles. The number of fused-ring (bicyclic) bond motifs is 2. The van der Waals surface area contributed by atoms with Gasteiger partial charge in [0.15, 0.2) is 0 Å². The molecule has 0 bridgehead atoms. The summed E-state index contributed by atoms with van der Waals surface area (Å²) < 4.78 is 0. The average molecular weight is 600 g/mol. The minimum atomic E-state index is -1.14. The Hall–Kier alpha value is -5.51. The van der Waals surface area contributed by atoms with Gasteiger partial charge in [-0.15, -0.1) is 0 Å². The number of aliphatic imine (C=N–C) groups is 1. The highest BCUT2D eigenvalue weighted by Gasteiger charge is 2.36. The maximum atomic E-state index is 14.2. The summed E-state index contributed by atoms with van der Waals surface area (Å²) in [4.78, 5) is 55.1. The first kappa shape index (κ1) is 28.3. The molecule has 0 radical (unpaired) electrons. The summed E-state index contributed by atoms with van der Waals surface area (Å²) in [7, 11) is 0. The summed E-state index contributed by atoms with van der Waals surface area (Å²) in [5.74, 6) is -0.330. The van der Waals surface area contributed by atoms with Crippen LogP contribution in [0.4, 0.5) is 21.0 Å². The molecule has 4 heterocycles. The summed E-state index contributed by atoms with van der Waals surface area (Å²) in [6, 6.07) is 28.5. The van der Waals surface area contributed by atoms with E-state index in [-0.39, 0.29) is 30.6 Å². The number of benzodiazepines with no additional fused rings is 1. The Balaban J connectivity index is 1.12. The highest BCUT2D eigenvalue weighted by Crippen LogP contribution is 2.30. The van der Waals surface area contributed by atoms with E-state index in [1.165, 1.54) is 0 Å². The first-order valence-electron chi connectivity index (χ1n) is 15.2. The van der Waals surface area contributed by atoms with E-state index in [4.69, 9.17) is 4.99 Å². The SMILES string of the molecule is O=C(NC1N=C(c2ccccc2)c2ccccc2N(Cc2cccnc2)C1=O)N1CCC(N2Cc3ccccc3NC2=O)CC1. The predicted molar refractivity (Wildman–Crippen MR) is 172 cm³/mol. The van der Waals surface area contributed by atoms with Gasteiger partial charge < -0.3 is 25.3 Å². The summed E-state index contributed by atoms with van der Waals surface area (Å²) in [5, 5.41) is 5.93. The van der Waals surface area contributed by atoms with Gasteiger partial charge in [0.25, 0.3) is 5.91 Å². The van der Waals surface area contributed by atoms with Crippen LogP contribution >= 0.6 is 0 Å². The first-order chi connectivity index (χ1) is 22.0. The zero-order valence-corrected chi connectivity index (χ0v) is 24.7. The van der Waals surface area contributed by atoms with Gasteiger partial charge in [-0.1, -0.05) is 72.8 Å². The molecule has 226 valence electrons. The number of rotatable bonds is 5. The molecule has 0 aliphatic carbocycles. The van der Waals surface area contributed by atoms with Crippen molar-refractivity contribution in [3.63, 3.8) is 0 Å². The van der Waals surface area contributed by atoms with Crippen LogP contribution in [-0.2, 0) is 17.9 Å². The van der Waals surface area contributed by atoms with Gasteiger partial charge in [-0.25, -0.2) is 14.6 Å². The van der Waals surface area contributed by atoms with Crippen LogP contribution in [0.5, 0.6) is 0 Å². The van der Waals surface area contributed by atoms with Crippen LogP contribution in [0.3, 0.4) is 0 Å². The highest BCUT2D eigenvalue weighted by atomic mass is 16.2. The number of hydrogen-bond donors (Lipinski definition) is 2. The molecule has 0 spiro atoms. The molecule has 10 nitrogen and oxygen atoms in total. The number of nitrogens with one attached hydrogen (secondary N) is 2. The van der Waals surface area contributed by atoms with Crippen molar-refractivity contribution in [2.75, 3.05) is 23.3 Å². The zero-order chi connectivity index (χ0) is 30.8. The van der Waals surface area contributed by atoms with Gasteiger partial charge in [-0.05, 0) is 42.2 Å². The molecular formula is C35H33N7O3. The Labute approximate surface area is 261 Å². The highest BCUT2D eigenvalue weighted by molar-refractivity contribution is 6.20. The summed E-state index contributed by atoms with van der Waals surface area (Å²) in [6.45, 7) is 1.73. The molecule has 4 aromatic rings. The van der Waals surface area contributed by atoms with Gasteiger partial charge in [0, 0.05) is 54.9 Å². The molecule has 1 fully saturated rings. The third-order valence-corrected chi connectivity index (χ3v) is 8.63. The fourth-order valence-electron chi connectivity index (χ4n) is 6.29. The zero-order valence-electron chi connectivity index (χ0n) is 24.7. The molecule has 1 unspecified atom stereocenters. The van der Waals surface area contributed by atoms with Crippen molar-refractivity contribution in [3.8, 4) is 0 Å². The van der Waals surface area contributed by atoms with Gasteiger partial charge in [-0.3, -0.25) is 9.78 Å². The molecule has 3 aliphatic heterocycles. The number of urea groups is 2. The van der Waals surface area contributed by atoms with Crippen LogP contribution in [-0.4, -0.2) is 63.8 Å². The summed E-state index contributed by atoms with van der Waals surface area (Å²) >= 11 is 0. The van der Waals surface area contributed by atoms with Gasteiger partial charge in [0.05, 0.1) is 17.9 Å². The summed E-state index contributed by atoms with van der Waals surface area (Å²) in [6.07, 6.45) is 3.57. The number of piperidine rings is 1. The Morgan fingerprint density at radius 2 is 1.64 bits per heavy atom. The number of amides is 5. The predicted octanol–water partition coefficient (Wildman–Crippen LogP) is 5.01. The van der Waals surface area contributed by atoms with Gasteiger partial charge >= 0.3 is 12.1 Å². The maximum Gasteiger partial charge on any atom is 0.322 e. The lowest BCUT2D eigenvalue weighted by Crippen LogP contribution is -2.55. The largest absolute Gasteiger partial charge is 0.325 e. The Bertz CT molecular complexity index is 1750. The number of anilines is 2. The van der Waals surface area contributed by atoms with E-state index in [9.17, 15) is 14.4 Å². The lowest BCUT2D eigenvalue weighted by atomic mass is 10.00. The molecule has 2 N–H and O–H groups in total. The smallest absolute Gasteiger partial charge is 0.322 e. The second-order valence-electron chi connectivity index (χ2n) is 11.4. The number of benzene rings is 3. The lowest BCUT2D eigenvalue weighted by molar-refractivity contribution is -0.120. The van der Waals surface area contributed by atoms with Crippen LogP contribution in [0.2, 0.25) is 0 Å². The molecule has 0 saturated carbocycles. The van der Waals surface area contributed by atoms with Crippen molar-refractivity contribution in [1.82, 2.24) is 20.1 Å². The third-order valence-electron chi connectivity index (χ3n) is 8.63. The molecule has 1 aromatic heterocycles. The fraction of sp³-hybridized carbons (Fsp3) is 0.229. The Kier molecular flexibility index (Phi) is 7.69. The number of para-hydroxylation sites is 2. The van der Waals surface area contributed by atoms with E-state index in [0.717, 1.165) is 27.9 Å². The van der Waals surface area contributed by atoms with Crippen molar-refractivity contribution in [3.05, 3.63) is 126 Å². The standard InChI is InChI=1S/C35H33N7O3/c43-33-32(39-34(44)40-19-16-27(17-20-40)41-23-26-12-4-6-14-29(26)37-35(41)45)38-31(25-10-2-1-3-11-25)28-13-5-7-15-30(28)42(33)22-24-9-8-18-36-21-24/h1-15,18,21,27,32H,16-17,19-20,22-23H2,(H,37,45)(H,39,44). The lowest BCUT2D eigenvalue weighted by Gasteiger charge is -2.40. The van der Waals surface area contributed by atoms with Crippen LogP contribution < -0.4 is 15.5 Å². The number of carbonyl (C=O) groups excluding carboxylic acids is 3. The number of carbonyl (C=O) groups is 3. The van der Waals surface area contributed by atoms with E-state index >= 15 is 0 Å². The molecule has 3 aromatic carbocycles. The number of pyridine rings is 1. The topological polar surface area (TPSA) is 110 Å². The van der Waals surface area contributed by atoms with Crippen LogP contribution in [0, 0.1) is 0 Å². The van der Waals surface area contributed by atoms with Crippen molar-refractivity contribution >= 4 is 35.1 Å². The molecule has 7 rings (SSSR count). The maximum absolute atomic E-state index is 14.2. The van der Waals surface area contributed by atoms with Crippen molar-refractivity contribution in [2.24, 2.45) is 4.99 Å². The monoisotopic (exact) mass is 599 g/mol. The Morgan fingerprint density at radius 1 is 0.889 bits per heavy atom. The molecule has 5 amide bonds. The number of aromatic nitrogens is 1. The minimum Gasteiger partial charge on any atom is -0.325 e. The second kappa shape index (κ2) is 12.2. The number of hydrogen-bond acceptors (Lipinski definition) is 5. The average Bonchev–Trinajstić information content (AvgIpc) is 3.20. The van der Waals surface area contributed by atoms with E-state index < -0.39 is 6.17 Å². The first-order valence-corrected chi connectivity index (χ1v) is 15.2. The van der Waals surface area contributed by atoms with E-state index in [1.807, 2.05) is 95.9 Å². The van der Waals surface area contributed by atoms with Gasteiger partial charge in [0.1, 0.15) is 0 Å². The molecule has 3 aliphatic rings. The van der Waals surface area contributed by atoms with Crippen LogP contribution in [0.15, 0.2) is 108 Å². The van der Waals surface area contributed by atoms with Gasteiger partial charge in [-0.2, -0.15) is 0 Å². The van der Waals surface area contributed by atoms with E-state index in [1.54, 1.807) is 22.2 Å². The van der Waals surface area contributed by atoms with Crippen molar-refractivity contribution in [2.45, 2.75) is 38.1 Å². The van der Waals surface area contributed by atoms with Crippen LogP contribution in [0.1, 0.15) is 35.1 Å². The summed E-state index contributed by atoms with van der Waals surface area (Å²) in [5.41, 5.74) is 5.79. The number of likely N-dealkylation sites (tertiary alicyclic amines) is 1. The fourth-order valence-corrected chi connectivity index (χ4v) is 6.29. The van der Waals surface area contributed by atoms with Crippen molar-refractivity contribution < 1.29 is 14.4 Å². The van der Waals surface area contributed by atoms with E-state index in [0.29, 0.717) is 43.9 Å². The van der Waals surface area contributed by atoms with Crippen LogP contribution in [0.25, 0.3) is 0 Å². The van der Waals surface area contributed by atoms with Crippen molar-refractivity contribution in [1.29, 1.82) is 0 Å². The number of nitrogens with zero attached hydrogens (tertiary/aromatic N) is 5. The van der Waals surface area contributed by atoms with Gasteiger partial charge in [0.2, 0.25) is 6.17 Å². The molecular weight excluding hydrogens is 566 g/mol. The Morgan fingerprint density at radius 3 is 2.44 bits per heavy atom.